The number of nitrogens with zero attached hydrogens (tertiary/aromatic N) is 2. The zero-order chi connectivity index (χ0) is 13.4. The smallest absolute Gasteiger partial charge is 0.261 e. The number of piperidine rings is 1. The molecule has 1 aliphatic rings. The van der Waals surface area contributed by atoms with E-state index < -0.39 is 0 Å². The Morgan fingerprint density at radius 3 is 2.63 bits per heavy atom. The van der Waals surface area contributed by atoms with Gasteiger partial charge in [-0.1, -0.05) is 11.6 Å². The van der Waals surface area contributed by atoms with Gasteiger partial charge in [0.15, 0.2) is 5.82 Å². The quantitative estimate of drug-likeness (QED) is 0.900. The van der Waals surface area contributed by atoms with Crippen LogP contribution in [0.5, 0.6) is 0 Å². The molecular weight excluding hydrogens is 242 g/mol. The lowest BCUT2D eigenvalue weighted by Gasteiger charge is -2.19. The van der Waals surface area contributed by atoms with Crippen molar-refractivity contribution in [3.05, 3.63) is 22.9 Å². The number of hydrogen-bond acceptors (Lipinski definition) is 5. The predicted molar refractivity (Wildman–Crippen MR) is 70.8 cm³/mol. The van der Waals surface area contributed by atoms with Crippen molar-refractivity contribution in [3.63, 3.8) is 0 Å². The number of nitrogens with one attached hydrogen (secondary N) is 1. The Kier molecular flexibility index (Phi) is 3.14. The SMILES string of the molecule is Cc1oc(C)c(-c2nc(C3CCCCN3)no2)c1C. The second-order valence-electron chi connectivity index (χ2n) is 5.17. The largest absolute Gasteiger partial charge is 0.466 e. The monoisotopic (exact) mass is 261 g/mol. The summed E-state index contributed by atoms with van der Waals surface area (Å²) in [6, 6.07) is 0.222. The summed E-state index contributed by atoms with van der Waals surface area (Å²) < 4.78 is 11.0. The third kappa shape index (κ3) is 2.18. The predicted octanol–water partition coefficient (Wildman–Crippen LogP) is 3.07. The van der Waals surface area contributed by atoms with Crippen LogP contribution in [0.15, 0.2) is 8.94 Å². The molecule has 1 unspecified atom stereocenters. The molecule has 2 aromatic rings. The molecule has 3 heterocycles. The van der Waals surface area contributed by atoms with Crippen LogP contribution in [-0.4, -0.2) is 16.7 Å². The maximum absolute atomic E-state index is 5.61. The van der Waals surface area contributed by atoms with Gasteiger partial charge in [-0.15, -0.1) is 0 Å². The number of furan rings is 1. The molecule has 1 saturated heterocycles. The summed E-state index contributed by atoms with van der Waals surface area (Å²) in [4.78, 5) is 4.54. The van der Waals surface area contributed by atoms with E-state index in [4.69, 9.17) is 8.94 Å². The Bertz CT molecular complexity index is 580. The normalized spacial score (nSPS) is 19.8. The fourth-order valence-corrected chi connectivity index (χ4v) is 2.66. The van der Waals surface area contributed by atoms with E-state index in [-0.39, 0.29) is 6.04 Å². The Balaban J connectivity index is 1.92. The van der Waals surface area contributed by atoms with Crippen molar-refractivity contribution in [3.8, 4) is 11.5 Å². The molecule has 1 aliphatic heterocycles. The standard InChI is InChI=1S/C14H19N3O2/c1-8-9(2)18-10(3)12(8)14-16-13(17-19-14)11-6-4-5-7-15-11/h11,15H,4-7H2,1-3H3. The zero-order valence-electron chi connectivity index (χ0n) is 11.6. The molecule has 2 aromatic heterocycles. The van der Waals surface area contributed by atoms with Gasteiger partial charge in [0.05, 0.1) is 11.6 Å². The van der Waals surface area contributed by atoms with E-state index in [0.29, 0.717) is 5.89 Å². The number of aryl methyl sites for hydroxylation is 2. The van der Waals surface area contributed by atoms with E-state index in [9.17, 15) is 0 Å². The van der Waals surface area contributed by atoms with Gasteiger partial charge < -0.3 is 14.3 Å². The highest BCUT2D eigenvalue weighted by atomic mass is 16.5. The number of hydrogen-bond donors (Lipinski definition) is 1. The Morgan fingerprint density at radius 2 is 2.00 bits per heavy atom. The summed E-state index contributed by atoms with van der Waals surface area (Å²) in [5.74, 6) is 3.06. The van der Waals surface area contributed by atoms with Crippen LogP contribution < -0.4 is 5.32 Å². The highest BCUT2D eigenvalue weighted by molar-refractivity contribution is 5.61. The van der Waals surface area contributed by atoms with Gasteiger partial charge in [-0.2, -0.15) is 4.98 Å². The van der Waals surface area contributed by atoms with Crippen LogP contribution >= 0.6 is 0 Å². The lowest BCUT2D eigenvalue weighted by Crippen LogP contribution is -2.27. The van der Waals surface area contributed by atoms with Crippen LogP contribution in [0.2, 0.25) is 0 Å². The minimum atomic E-state index is 0.222. The molecule has 1 fully saturated rings. The van der Waals surface area contributed by atoms with Gasteiger partial charge in [-0.3, -0.25) is 0 Å². The Labute approximate surface area is 112 Å². The first kappa shape index (κ1) is 12.4. The highest BCUT2D eigenvalue weighted by Gasteiger charge is 2.23. The maximum Gasteiger partial charge on any atom is 0.261 e. The van der Waals surface area contributed by atoms with Crippen LogP contribution in [0.4, 0.5) is 0 Å². The van der Waals surface area contributed by atoms with Crippen molar-refractivity contribution in [2.24, 2.45) is 0 Å². The van der Waals surface area contributed by atoms with Gasteiger partial charge in [0.1, 0.15) is 11.5 Å². The van der Waals surface area contributed by atoms with Crippen LogP contribution in [0.1, 0.15) is 48.2 Å². The van der Waals surface area contributed by atoms with Crippen LogP contribution in [0.25, 0.3) is 11.5 Å². The molecule has 1 N–H and O–H groups in total. The van der Waals surface area contributed by atoms with Gasteiger partial charge in [0, 0.05) is 5.56 Å². The van der Waals surface area contributed by atoms with E-state index >= 15 is 0 Å². The third-order valence-corrected chi connectivity index (χ3v) is 3.84. The van der Waals surface area contributed by atoms with Gasteiger partial charge >= 0.3 is 0 Å². The summed E-state index contributed by atoms with van der Waals surface area (Å²) in [6.45, 7) is 6.92. The number of rotatable bonds is 2. The molecule has 0 bridgehead atoms. The number of aromatic nitrogens is 2. The lowest BCUT2D eigenvalue weighted by molar-refractivity contribution is 0.366. The topological polar surface area (TPSA) is 64.1 Å². The summed E-state index contributed by atoms with van der Waals surface area (Å²) >= 11 is 0. The summed E-state index contributed by atoms with van der Waals surface area (Å²) in [5.41, 5.74) is 2.01. The van der Waals surface area contributed by atoms with E-state index in [2.05, 4.69) is 15.5 Å². The Morgan fingerprint density at radius 1 is 1.16 bits per heavy atom. The minimum absolute atomic E-state index is 0.222. The lowest BCUT2D eigenvalue weighted by atomic mass is 10.0. The van der Waals surface area contributed by atoms with Crippen molar-refractivity contribution in [1.82, 2.24) is 15.5 Å². The van der Waals surface area contributed by atoms with Crippen LogP contribution in [-0.2, 0) is 0 Å². The molecule has 1 atom stereocenters. The third-order valence-electron chi connectivity index (χ3n) is 3.84. The fourth-order valence-electron chi connectivity index (χ4n) is 2.66. The van der Waals surface area contributed by atoms with Gasteiger partial charge in [-0.05, 0) is 40.2 Å². The van der Waals surface area contributed by atoms with Gasteiger partial charge in [0.2, 0.25) is 0 Å². The fraction of sp³-hybridized carbons (Fsp3) is 0.571. The van der Waals surface area contributed by atoms with E-state index in [1.807, 2.05) is 20.8 Å². The molecule has 0 aromatic carbocycles. The highest BCUT2D eigenvalue weighted by Crippen LogP contribution is 2.31. The molecule has 5 nitrogen and oxygen atoms in total. The zero-order valence-corrected chi connectivity index (χ0v) is 11.6. The minimum Gasteiger partial charge on any atom is -0.466 e. The Hall–Kier alpha value is -1.62. The summed E-state index contributed by atoms with van der Waals surface area (Å²) in [7, 11) is 0. The van der Waals surface area contributed by atoms with Crippen molar-refractivity contribution in [2.45, 2.75) is 46.1 Å². The molecule has 0 radical (unpaired) electrons. The molecular formula is C14H19N3O2. The average molecular weight is 261 g/mol. The van der Waals surface area contributed by atoms with E-state index in [1.54, 1.807) is 0 Å². The second-order valence-corrected chi connectivity index (χ2v) is 5.17. The second kappa shape index (κ2) is 4.81. The molecule has 102 valence electrons. The first-order valence-electron chi connectivity index (χ1n) is 6.80. The molecule has 0 spiro atoms. The van der Waals surface area contributed by atoms with Crippen molar-refractivity contribution in [2.75, 3.05) is 6.54 Å². The first-order chi connectivity index (χ1) is 9.16. The molecule has 0 aliphatic carbocycles. The molecule has 0 saturated carbocycles. The van der Waals surface area contributed by atoms with Crippen molar-refractivity contribution >= 4 is 0 Å². The average Bonchev–Trinajstić information content (AvgIpc) is 2.97. The van der Waals surface area contributed by atoms with E-state index in [0.717, 1.165) is 41.4 Å². The summed E-state index contributed by atoms with van der Waals surface area (Å²) in [6.07, 6.45) is 3.51. The van der Waals surface area contributed by atoms with Crippen LogP contribution in [0, 0.1) is 20.8 Å². The van der Waals surface area contributed by atoms with Crippen molar-refractivity contribution < 1.29 is 8.94 Å². The molecule has 5 heteroatoms. The molecule has 0 amide bonds. The molecule has 3 rings (SSSR count). The molecule has 19 heavy (non-hydrogen) atoms. The van der Waals surface area contributed by atoms with Gasteiger partial charge in [0.25, 0.3) is 5.89 Å². The van der Waals surface area contributed by atoms with Crippen LogP contribution in [0.3, 0.4) is 0 Å². The first-order valence-corrected chi connectivity index (χ1v) is 6.80. The van der Waals surface area contributed by atoms with Crippen molar-refractivity contribution in [1.29, 1.82) is 0 Å². The maximum atomic E-state index is 5.61. The van der Waals surface area contributed by atoms with Gasteiger partial charge in [-0.25, -0.2) is 0 Å². The van der Waals surface area contributed by atoms with E-state index in [1.165, 1.54) is 12.8 Å². The summed E-state index contributed by atoms with van der Waals surface area (Å²) in [5, 5.41) is 7.54.